The highest BCUT2D eigenvalue weighted by Gasteiger charge is 2.40. The lowest BCUT2D eigenvalue weighted by atomic mass is 10.0. The van der Waals surface area contributed by atoms with Gasteiger partial charge in [0.2, 0.25) is 10.0 Å². The third-order valence-corrected chi connectivity index (χ3v) is 7.74. The van der Waals surface area contributed by atoms with Crippen molar-refractivity contribution < 1.29 is 18.0 Å². The van der Waals surface area contributed by atoms with Gasteiger partial charge in [-0.2, -0.15) is 4.31 Å². The summed E-state index contributed by atoms with van der Waals surface area (Å²) in [6.07, 6.45) is 5.69. The normalized spacial score (nSPS) is 17.4. The molecule has 1 saturated heterocycles. The first kappa shape index (κ1) is 19.8. The van der Waals surface area contributed by atoms with Gasteiger partial charge in [-0.1, -0.05) is 6.42 Å². The lowest BCUT2D eigenvalue weighted by Gasteiger charge is -2.26. The number of benzene rings is 1. The number of piperidine rings is 1. The molecule has 0 bridgehead atoms. The van der Waals surface area contributed by atoms with Crippen LogP contribution in [-0.2, 0) is 10.0 Å². The van der Waals surface area contributed by atoms with Crippen molar-refractivity contribution in [2.24, 2.45) is 0 Å². The fourth-order valence-electron chi connectivity index (χ4n) is 4.31. The summed E-state index contributed by atoms with van der Waals surface area (Å²) in [4.78, 5) is 36.1. The van der Waals surface area contributed by atoms with Crippen LogP contribution in [0.25, 0.3) is 10.9 Å². The van der Waals surface area contributed by atoms with E-state index in [2.05, 4.69) is 9.97 Å². The summed E-state index contributed by atoms with van der Waals surface area (Å²) in [6, 6.07) is 7.77. The van der Waals surface area contributed by atoms with E-state index in [1.165, 1.54) is 28.8 Å². The van der Waals surface area contributed by atoms with E-state index in [-0.39, 0.29) is 16.0 Å². The zero-order chi connectivity index (χ0) is 21.8. The number of anilines is 1. The molecule has 4 heterocycles. The Bertz CT molecular complexity index is 1330. The van der Waals surface area contributed by atoms with Crippen LogP contribution < -0.4 is 4.90 Å². The van der Waals surface area contributed by atoms with Crippen LogP contribution in [0.3, 0.4) is 0 Å². The van der Waals surface area contributed by atoms with Crippen LogP contribution in [0.5, 0.6) is 0 Å². The van der Waals surface area contributed by atoms with Gasteiger partial charge in [0.05, 0.1) is 32.9 Å². The van der Waals surface area contributed by atoms with Crippen LogP contribution >= 0.6 is 0 Å². The van der Waals surface area contributed by atoms with Gasteiger partial charge in [0, 0.05) is 30.9 Å². The van der Waals surface area contributed by atoms with E-state index >= 15 is 0 Å². The van der Waals surface area contributed by atoms with Gasteiger partial charge in [-0.15, -0.1) is 0 Å². The minimum Gasteiger partial charge on any atom is -0.268 e. The van der Waals surface area contributed by atoms with Gasteiger partial charge in [-0.05, 0) is 50.1 Å². The maximum Gasteiger partial charge on any atom is 0.268 e. The van der Waals surface area contributed by atoms with Crippen LogP contribution in [0.1, 0.15) is 45.7 Å². The predicted octanol–water partition coefficient (Wildman–Crippen LogP) is 2.91. The van der Waals surface area contributed by atoms with E-state index in [0.717, 1.165) is 24.2 Å². The fraction of sp³-hybridized carbons (Fsp3) is 0.273. The molecule has 5 rings (SSSR count). The number of aryl methyl sites for hydroxylation is 1. The highest BCUT2D eigenvalue weighted by Crippen LogP contribution is 2.35. The number of sulfonamides is 1. The Hall–Kier alpha value is -3.17. The van der Waals surface area contributed by atoms with Crippen LogP contribution in [-0.4, -0.2) is 47.6 Å². The molecule has 3 aromatic rings. The summed E-state index contributed by atoms with van der Waals surface area (Å²) in [5, 5.41) is 0.369. The lowest BCUT2D eigenvalue weighted by Crippen LogP contribution is -2.35. The Labute approximate surface area is 179 Å². The highest BCUT2D eigenvalue weighted by molar-refractivity contribution is 7.89. The fourth-order valence-corrected chi connectivity index (χ4v) is 5.85. The number of carbonyl (C=O) groups excluding carboxylic acids is 2. The van der Waals surface area contributed by atoms with Crippen molar-refractivity contribution in [3.63, 3.8) is 0 Å². The number of hydrogen-bond acceptors (Lipinski definition) is 6. The molecule has 9 heteroatoms. The molecule has 2 amide bonds. The molecular formula is C22H20N4O4S. The molecule has 1 fully saturated rings. The van der Waals surface area contributed by atoms with Crippen LogP contribution in [0.4, 0.5) is 5.69 Å². The minimum atomic E-state index is -3.69. The largest absolute Gasteiger partial charge is 0.268 e. The van der Waals surface area contributed by atoms with Crippen molar-refractivity contribution in [3.8, 4) is 0 Å². The maximum absolute atomic E-state index is 13.3. The molecule has 0 N–H and O–H groups in total. The Balaban J connectivity index is 1.68. The number of hydrogen-bond donors (Lipinski definition) is 0. The van der Waals surface area contributed by atoms with E-state index in [1.807, 2.05) is 0 Å². The van der Waals surface area contributed by atoms with Gasteiger partial charge < -0.3 is 0 Å². The molecule has 2 aromatic heterocycles. The van der Waals surface area contributed by atoms with E-state index in [0.29, 0.717) is 35.4 Å². The van der Waals surface area contributed by atoms with Gasteiger partial charge >= 0.3 is 0 Å². The summed E-state index contributed by atoms with van der Waals surface area (Å²) in [5.41, 5.74) is 1.73. The Morgan fingerprint density at radius 1 is 0.903 bits per heavy atom. The number of imide groups is 1. The summed E-state index contributed by atoms with van der Waals surface area (Å²) in [6.45, 7) is 2.65. The lowest BCUT2D eigenvalue weighted by molar-refractivity contribution is 0.0926. The molecular weight excluding hydrogens is 416 g/mol. The van der Waals surface area contributed by atoms with Crippen molar-refractivity contribution in [3.05, 3.63) is 59.5 Å². The Kier molecular flexibility index (Phi) is 4.60. The molecule has 0 radical (unpaired) electrons. The van der Waals surface area contributed by atoms with E-state index in [4.69, 9.17) is 0 Å². The molecule has 1 aromatic carbocycles. The molecule has 0 aliphatic carbocycles. The monoisotopic (exact) mass is 436 g/mol. The number of nitrogens with zero attached hydrogens (tertiary/aromatic N) is 4. The van der Waals surface area contributed by atoms with Crippen molar-refractivity contribution >= 4 is 38.4 Å². The maximum atomic E-state index is 13.3. The number of rotatable bonds is 3. The van der Waals surface area contributed by atoms with Gasteiger partial charge in [-0.3, -0.25) is 19.6 Å². The Morgan fingerprint density at radius 3 is 2.29 bits per heavy atom. The highest BCUT2D eigenvalue weighted by atomic mass is 32.2. The summed E-state index contributed by atoms with van der Waals surface area (Å²) >= 11 is 0. The molecule has 0 saturated carbocycles. The SMILES string of the molecule is Cc1nc2ccc(S(=O)(=O)N3CCCCC3)cc2c2c1C(=O)N(c1ccncc1)C2=O. The van der Waals surface area contributed by atoms with Crippen LogP contribution in [0.2, 0.25) is 0 Å². The molecule has 158 valence electrons. The van der Waals surface area contributed by atoms with Gasteiger partial charge in [0.15, 0.2) is 0 Å². The van der Waals surface area contributed by atoms with Crippen molar-refractivity contribution in [1.82, 2.24) is 14.3 Å². The van der Waals surface area contributed by atoms with E-state index < -0.39 is 21.8 Å². The molecule has 2 aliphatic heterocycles. The average molecular weight is 436 g/mol. The predicted molar refractivity (Wildman–Crippen MR) is 114 cm³/mol. The van der Waals surface area contributed by atoms with Crippen molar-refractivity contribution in [1.29, 1.82) is 0 Å². The first-order valence-corrected chi connectivity index (χ1v) is 11.6. The van der Waals surface area contributed by atoms with Crippen molar-refractivity contribution in [2.45, 2.75) is 31.1 Å². The third kappa shape index (κ3) is 3.03. The van der Waals surface area contributed by atoms with E-state index in [1.54, 1.807) is 25.1 Å². The molecule has 8 nitrogen and oxygen atoms in total. The second-order valence-corrected chi connectivity index (χ2v) is 9.68. The second kappa shape index (κ2) is 7.21. The molecule has 2 aliphatic rings. The van der Waals surface area contributed by atoms with Crippen molar-refractivity contribution in [2.75, 3.05) is 18.0 Å². The third-order valence-electron chi connectivity index (χ3n) is 5.84. The number of pyridine rings is 2. The quantitative estimate of drug-likeness (QED) is 0.585. The van der Waals surface area contributed by atoms with Gasteiger partial charge in [0.25, 0.3) is 11.8 Å². The van der Waals surface area contributed by atoms with Gasteiger partial charge in [-0.25, -0.2) is 13.3 Å². The molecule has 0 spiro atoms. The smallest absolute Gasteiger partial charge is 0.268 e. The number of carbonyl (C=O) groups is 2. The summed E-state index contributed by atoms with van der Waals surface area (Å²) in [5.74, 6) is -0.961. The summed E-state index contributed by atoms with van der Waals surface area (Å²) in [7, 11) is -3.69. The number of fused-ring (bicyclic) bond motifs is 3. The average Bonchev–Trinajstić information content (AvgIpc) is 3.06. The molecule has 0 atom stereocenters. The zero-order valence-corrected chi connectivity index (χ0v) is 17.7. The first-order valence-electron chi connectivity index (χ1n) is 10.1. The Morgan fingerprint density at radius 2 is 1.58 bits per heavy atom. The number of amides is 2. The first-order chi connectivity index (χ1) is 14.9. The zero-order valence-electron chi connectivity index (χ0n) is 16.9. The molecule has 31 heavy (non-hydrogen) atoms. The molecule has 0 unspecified atom stereocenters. The topological polar surface area (TPSA) is 101 Å². The van der Waals surface area contributed by atoms with Gasteiger partial charge in [0.1, 0.15) is 0 Å². The summed E-state index contributed by atoms with van der Waals surface area (Å²) < 4.78 is 27.8. The standard InChI is InChI=1S/C22H20N4O4S/c1-14-19-20(22(28)26(21(19)27)15-7-9-23-10-8-15)17-13-16(5-6-18(17)24-14)31(29,30)25-11-3-2-4-12-25/h5-10,13H,2-4,11-12H2,1H3. The second-order valence-electron chi connectivity index (χ2n) is 7.74. The number of aromatic nitrogens is 2. The van der Waals surface area contributed by atoms with Crippen LogP contribution in [0, 0.1) is 6.92 Å². The van der Waals surface area contributed by atoms with Crippen LogP contribution in [0.15, 0.2) is 47.6 Å². The minimum absolute atomic E-state index is 0.109. The van der Waals surface area contributed by atoms with E-state index in [9.17, 15) is 18.0 Å².